The van der Waals surface area contributed by atoms with Crippen molar-refractivity contribution in [3.8, 4) is 0 Å². The second-order valence-corrected chi connectivity index (χ2v) is 13.7. The third kappa shape index (κ3) is 4.11. The Balaban J connectivity index is 1.57. The van der Waals surface area contributed by atoms with Gasteiger partial charge in [-0.05, 0) is 91.8 Å². The number of hydrogen-bond acceptors (Lipinski definition) is 5. The monoisotopic (exact) mass is 478 g/mol. The fraction of sp³-hybridized carbons (Fsp3) is 0.966. The third-order valence-corrected chi connectivity index (χ3v) is 11.7. The van der Waals surface area contributed by atoms with Crippen LogP contribution in [0.3, 0.4) is 0 Å². The van der Waals surface area contributed by atoms with Crippen LogP contribution in [0.25, 0.3) is 0 Å². The van der Waals surface area contributed by atoms with Gasteiger partial charge in [0.1, 0.15) is 5.78 Å². The van der Waals surface area contributed by atoms with Crippen LogP contribution >= 0.6 is 0 Å². The zero-order valence-corrected chi connectivity index (χ0v) is 22.3. The highest BCUT2D eigenvalue weighted by Gasteiger charge is 2.67. The molecular formula is C29H50O5. The first-order chi connectivity index (χ1) is 15.8. The van der Waals surface area contributed by atoms with Gasteiger partial charge in [-0.2, -0.15) is 0 Å². The van der Waals surface area contributed by atoms with E-state index in [0.717, 1.165) is 38.5 Å². The molecule has 0 saturated heterocycles. The number of carbonyl (C=O) groups is 1. The van der Waals surface area contributed by atoms with Crippen LogP contribution < -0.4 is 0 Å². The van der Waals surface area contributed by atoms with Crippen LogP contribution in [-0.4, -0.2) is 50.6 Å². The minimum absolute atomic E-state index is 0.100. The van der Waals surface area contributed by atoms with Crippen LogP contribution in [0.2, 0.25) is 0 Å². The molecule has 0 aromatic carbocycles. The lowest BCUT2D eigenvalue weighted by molar-refractivity contribution is -0.222. The molecule has 4 aliphatic carbocycles. The molecule has 0 spiro atoms. The summed E-state index contributed by atoms with van der Waals surface area (Å²) >= 11 is 0. The molecule has 0 bridgehead atoms. The van der Waals surface area contributed by atoms with Crippen molar-refractivity contribution in [2.75, 3.05) is 0 Å². The van der Waals surface area contributed by atoms with Crippen LogP contribution in [0.5, 0.6) is 0 Å². The predicted molar refractivity (Wildman–Crippen MR) is 133 cm³/mol. The van der Waals surface area contributed by atoms with E-state index in [0.29, 0.717) is 24.7 Å². The van der Waals surface area contributed by atoms with E-state index in [1.807, 2.05) is 6.92 Å². The van der Waals surface area contributed by atoms with Gasteiger partial charge in [0.15, 0.2) is 0 Å². The van der Waals surface area contributed by atoms with Gasteiger partial charge in [0, 0.05) is 18.3 Å². The molecular weight excluding hydrogens is 428 g/mol. The number of carbonyl (C=O) groups excluding carboxylic acids is 1. The molecule has 5 heteroatoms. The Morgan fingerprint density at radius 1 is 0.912 bits per heavy atom. The van der Waals surface area contributed by atoms with Crippen molar-refractivity contribution in [1.82, 2.24) is 0 Å². The van der Waals surface area contributed by atoms with Gasteiger partial charge in [-0.15, -0.1) is 0 Å². The third-order valence-electron chi connectivity index (χ3n) is 11.7. The van der Waals surface area contributed by atoms with Crippen molar-refractivity contribution in [1.29, 1.82) is 0 Å². The fourth-order valence-electron chi connectivity index (χ4n) is 9.70. The number of aliphatic hydroxyl groups excluding tert-OH is 4. The summed E-state index contributed by atoms with van der Waals surface area (Å²) in [6.45, 7) is 13.1. The second-order valence-electron chi connectivity index (χ2n) is 13.7. The molecule has 4 fully saturated rings. The highest BCUT2D eigenvalue weighted by atomic mass is 16.3. The van der Waals surface area contributed by atoms with Gasteiger partial charge in [0.2, 0.25) is 0 Å². The summed E-state index contributed by atoms with van der Waals surface area (Å²) in [5, 5.41) is 43.1. The van der Waals surface area contributed by atoms with Crippen molar-refractivity contribution < 1.29 is 25.2 Å². The summed E-state index contributed by atoms with van der Waals surface area (Å²) in [4.78, 5) is 13.6. The van der Waals surface area contributed by atoms with Gasteiger partial charge >= 0.3 is 0 Å². The zero-order chi connectivity index (χ0) is 25.2. The van der Waals surface area contributed by atoms with Crippen molar-refractivity contribution in [3.63, 3.8) is 0 Å². The number of ketones is 1. The number of Topliss-reactive ketones (excluding diaryl/α,β-unsaturated/α-hetero) is 1. The smallest absolute Gasteiger partial charge is 0.137 e. The molecule has 13 atom stereocenters. The van der Waals surface area contributed by atoms with Crippen molar-refractivity contribution in [2.45, 2.75) is 117 Å². The minimum atomic E-state index is -0.892. The van der Waals surface area contributed by atoms with Gasteiger partial charge in [-0.1, -0.05) is 41.0 Å². The lowest BCUT2D eigenvalue weighted by Gasteiger charge is -2.63. The normalized spacial score (nSPS) is 49.2. The molecule has 0 aromatic heterocycles. The molecule has 4 N–H and O–H groups in total. The topological polar surface area (TPSA) is 98.0 Å². The SMILES string of the molecule is CC(C)C(CC[C@@H](C)[C@H]1CC(=O)[C@@H]2C3C(CC[C@@]21C)[C@@]1(C)CC[C@H](O)CC1[C@@H](O)[C@@H]3O)C(C)O. The van der Waals surface area contributed by atoms with Gasteiger partial charge in [-0.25, -0.2) is 0 Å². The summed E-state index contributed by atoms with van der Waals surface area (Å²) in [5.74, 6) is 1.41. The maximum absolute atomic E-state index is 13.6. The summed E-state index contributed by atoms with van der Waals surface area (Å²) in [6.07, 6.45) is 4.21. The van der Waals surface area contributed by atoms with E-state index in [4.69, 9.17) is 0 Å². The number of aliphatic hydroxyl groups is 4. The lowest BCUT2D eigenvalue weighted by Crippen LogP contribution is -2.64. The molecule has 0 radical (unpaired) electrons. The van der Waals surface area contributed by atoms with E-state index in [9.17, 15) is 25.2 Å². The van der Waals surface area contributed by atoms with Crippen LogP contribution in [0.1, 0.15) is 92.9 Å². The van der Waals surface area contributed by atoms with Crippen molar-refractivity contribution >= 4 is 5.78 Å². The lowest BCUT2D eigenvalue weighted by atomic mass is 9.43. The highest BCUT2D eigenvalue weighted by molar-refractivity contribution is 5.85. The molecule has 5 nitrogen and oxygen atoms in total. The van der Waals surface area contributed by atoms with E-state index in [-0.39, 0.29) is 58.2 Å². The molecule has 0 amide bonds. The average molecular weight is 479 g/mol. The van der Waals surface area contributed by atoms with Crippen LogP contribution in [0, 0.1) is 58.2 Å². The molecule has 4 saturated carbocycles. The summed E-state index contributed by atoms with van der Waals surface area (Å²) in [6, 6.07) is 0. The molecule has 0 aromatic rings. The molecule has 0 aliphatic heterocycles. The number of rotatable bonds is 6. The Morgan fingerprint density at radius 3 is 2.18 bits per heavy atom. The first-order valence-corrected chi connectivity index (χ1v) is 14.1. The zero-order valence-electron chi connectivity index (χ0n) is 22.3. The van der Waals surface area contributed by atoms with Gasteiger partial charge in [0.05, 0.1) is 24.4 Å². The Hall–Kier alpha value is -0.490. The van der Waals surface area contributed by atoms with Crippen LogP contribution in [0.4, 0.5) is 0 Å². The van der Waals surface area contributed by atoms with Gasteiger partial charge < -0.3 is 20.4 Å². The van der Waals surface area contributed by atoms with Gasteiger partial charge in [0.25, 0.3) is 0 Å². The van der Waals surface area contributed by atoms with Crippen molar-refractivity contribution in [3.05, 3.63) is 0 Å². The molecule has 0 heterocycles. The fourth-order valence-corrected chi connectivity index (χ4v) is 9.70. The molecule has 4 aliphatic rings. The maximum atomic E-state index is 13.6. The Morgan fingerprint density at radius 2 is 1.56 bits per heavy atom. The minimum Gasteiger partial charge on any atom is -0.393 e. The Bertz CT molecular complexity index is 743. The quantitative estimate of drug-likeness (QED) is 0.459. The van der Waals surface area contributed by atoms with Crippen LogP contribution in [0.15, 0.2) is 0 Å². The van der Waals surface area contributed by atoms with E-state index < -0.39 is 18.3 Å². The molecule has 34 heavy (non-hydrogen) atoms. The van der Waals surface area contributed by atoms with E-state index >= 15 is 0 Å². The van der Waals surface area contributed by atoms with Crippen molar-refractivity contribution in [2.24, 2.45) is 58.2 Å². The summed E-state index contributed by atoms with van der Waals surface area (Å²) in [5.41, 5.74) is -0.274. The first-order valence-electron chi connectivity index (χ1n) is 14.1. The Labute approximate surface area is 206 Å². The first kappa shape index (κ1) is 26.6. The molecule has 196 valence electrons. The number of fused-ring (bicyclic) bond motifs is 5. The van der Waals surface area contributed by atoms with E-state index in [1.165, 1.54) is 0 Å². The highest BCUT2D eigenvalue weighted by Crippen LogP contribution is 2.67. The Kier molecular flexibility index (Phi) is 7.37. The summed E-state index contributed by atoms with van der Waals surface area (Å²) in [7, 11) is 0. The second kappa shape index (κ2) is 9.43. The largest absolute Gasteiger partial charge is 0.393 e. The van der Waals surface area contributed by atoms with Crippen LogP contribution in [-0.2, 0) is 4.79 Å². The molecule has 5 unspecified atom stereocenters. The summed E-state index contributed by atoms with van der Waals surface area (Å²) < 4.78 is 0. The average Bonchev–Trinajstić information content (AvgIpc) is 3.03. The molecule has 4 rings (SSSR count). The van der Waals surface area contributed by atoms with E-state index in [2.05, 4.69) is 34.6 Å². The van der Waals surface area contributed by atoms with Gasteiger partial charge in [-0.3, -0.25) is 4.79 Å². The standard InChI is InChI=1S/C29H50O5/c1-15(2)19(17(4)30)8-7-16(3)21-14-23(32)25-24-20(10-12-29(21,25)6)28(5)11-9-18(31)13-22(28)26(33)27(24)34/h15-22,24-27,30-31,33-34H,7-14H2,1-6H3/t16-,17?,18+,19?,20?,21-,22?,24?,25-,26-,27-,28-,29-/m1/s1. The van der Waals surface area contributed by atoms with E-state index in [1.54, 1.807) is 0 Å². The maximum Gasteiger partial charge on any atom is 0.137 e. The number of hydrogen-bond donors (Lipinski definition) is 4. The predicted octanol–water partition coefficient (Wildman–Crippen LogP) is 4.20.